The summed E-state index contributed by atoms with van der Waals surface area (Å²) in [7, 11) is 3.05. The van der Waals surface area contributed by atoms with Crippen LogP contribution in [0.5, 0.6) is 0 Å². The van der Waals surface area contributed by atoms with Crippen LogP contribution in [0, 0.1) is 5.92 Å². The molecule has 0 saturated carbocycles. The van der Waals surface area contributed by atoms with Gasteiger partial charge in [-0.25, -0.2) is 4.79 Å². The molecule has 1 aliphatic heterocycles. The Morgan fingerprint density at radius 3 is 2.52 bits per heavy atom. The summed E-state index contributed by atoms with van der Waals surface area (Å²) >= 11 is 0. The molecule has 0 radical (unpaired) electrons. The number of hydrogen-bond donors (Lipinski definition) is 2. The average molecular weight is 327 g/mol. The first-order chi connectivity index (χ1) is 10.6. The Labute approximate surface area is 131 Å². The van der Waals surface area contributed by atoms with Crippen LogP contribution >= 0.6 is 0 Å². The third kappa shape index (κ3) is 3.46. The molecule has 124 valence electrons. The monoisotopic (exact) mass is 327 g/mol. The Bertz CT molecular complexity index is 656. The van der Waals surface area contributed by atoms with E-state index in [4.69, 9.17) is 0 Å². The highest BCUT2D eigenvalue weighted by Crippen LogP contribution is 2.35. The maximum absolute atomic E-state index is 12.9. The Morgan fingerprint density at radius 1 is 1.30 bits per heavy atom. The molecule has 0 aliphatic carbocycles. The van der Waals surface area contributed by atoms with Crippen molar-refractivity contribution in [1.82, 2.24) is 15.5 Å². The van der Waals surface area contributed by atoms with Gasteiger partial charge in [0, 0.05) is 19.8 Å². The van der Waals surface area contributed by atoms with E-state index in [-0.39, 0.29) is 17.2 Å². The molecule has 2 atom stereocenters. The fourth-order valence-electron chi connectivity index (χ4n) is 2.44. The van der Waals surface area contributed by atoms with Gasteiger partial charge in [0.15, 0.2) is 0 Å². The largest absolute Gasteiger partial charge is 0.416 e. The molecule has 5 nitrogen and oxygen atoms in total. The topological polar surface area (TPSA) is 61.4 Å². The van der Waals surface area contributed by atoms with E-state index in [2.05, 4.69) is 17.2 Å². The summed E-state index contributed by atoms with van der Waals surface area (Å²) in [5.41, 5.74) is -0.504. The maximum Gasteiger partial charge on any atom is 0.416 e. The van der Waals surface area contributed by atoms with Gasteiger partial charge in [-0.15, -0.1) is 0 Å². The Morgan fingerprint density at radius 2 is 1.96 bits per heavy atom. The average Bonchev–Trinajstić information content (AvgIpc) is 2.45. The SMILES string of the molecule is C=C1NC(=O)N[C@H](c2cccc(C(F)(F)F)c2)[C@H]1C(=O)N(C)C. The van der Waals surface area contributed by atoms with Crippen LogP contribution in [-0.2, 0) is 11.0 Å². The number of nitrogens with one attached hydrogen (secondary N) is 2. The number of carbonyl (C=O) groups is 2. The van der Waals surface area contributed by atoms with E-state index in [0.29, 0.717) is 0 Å². The fraction of sp³-hybridized carbons (Fsp3) is 0.333. The number of hydrogen-bond acceptors (Lipinski definition) is 2. The van der Waals surface area contributed by atoms with Gasteiger partial charge in [0.05, 0.1) is 11.6 Å². The summed E-state index contributed by atoms with van der Waals surface area (Å²) in [4.78, 5) is 25.3. The minimum absolute atomic E-state index is 0.148. The van der Waals surface area contributed by atoms with Crippen LogP contribution in [0.3, 0.4) is 0 Å². The standard InChI is InChI=1S/C15H16F3N3O2/c1-8-11(13(22)21(2)3)12(20-14(23)19-8)9-5-4-6-10(7-9)15(16,17)18/h4-7,11-12H,1H2,2-3H3,(H2,19,20,23)/t11-,12+/m0/s1. The second-order valence-corrected chi connectivity index (χ2v) is 5.43. The summed E-state index contributed by atoms with van der Waals surface area (Å²) in [6.07, 6.45) is -4.51. The van der Waals surface area contributed by atoms with E-state index < -0.39 is 29.7 Å². The number of benzene rings is 1. The number of alkyl halides is 3. The van der Waals surface area contributed by atoms with Crippen molar-refractivity contribution in [2.75, 3.05) is 14.1 Å². The molecular formula is C15H16F3N3O2. The minimum Gasteiger partial charge on any atom is -0.348 e. The van der Waals surface area contributed by atoms with Crippen LogP contribution in [0.2, 0.25) is 0 Å². The Balaban J connectivity index is 2.46. The third-order valence-corrected chi connectivity index (χ3v) is 3.55. The molecule has 0 unspecified atom stereocenters. The van der Waals surface area contributed by atoms with Crippen molar-refractivity contribution >= 4 is 11.9 Å². The van der Waals surface area contributed by atoms with Crippen LogP contribution in [0.25, 0.3) is 0 Å². The second kappa shape index (κ2) is 5.94. The highest BCUT2D eigenvalue weighted by Gasteiger charge is 2.39. The van der Waals surface area contributed by atoms with Crippen molar-refractivity contribution in [3.63, 3.8) is 0 Å². The Kier molecular flexibility index (Phi) is 4.35. The lowest BCUT2D eigenvalue weighted by molar-refractivity contribution is -0.137. The van der Waals surface area contributed by atoms with Gasteiger partial charge in [-0.3, -0.25) is 4.79 Å². The molecule has 2 N–H and O–H groups in total. The fourth-order valence-corrected chi connectivity index (χ4v) is 2.44. The molecule has 2 rings (SSSR count). The molecule has 1 heterocycles. The van der Waals surface area contributed by atoms with E-state index in [0.717, 1.165) is 12.1 Å². The molecule has 1 aliphatic rings. The smallest absolute Gasteiger partial charge is 0.348 e. The molecule has 23 heavy (non-hydrogen) atoms. The number of urea groups is 1. The number of carbonyl (C=O) groups excluding carboxylic acids is 2. The molecule has 1 aromatic carbocycles. The number of rotatable bonds is 2. The lowest BCUT2D eigenvalue weighted by Crippen LogP contribution is -2.52. The Hall–Kier alpha value is -2.51. The summed E-state index contributed by atoms with van der Waals surface area (Å²) < 4.78 is 38.6. The van der Waals surface area contributed by atoms with Crippen molar-refractivity contribution < 1.29 is 22.8 Å². The maximum atomic E-state index is 12.9. The molecule has 1 saturated heterocycles. The first kappa shape index (κ1) is 16.9. The summed E-state index contributed by atoms with van der Waals surface area (Å²) in [6, 6.07) is 3.01. The van der Waals surface area contributed by atoms with Gasteiger partial charge in [0.1, 0.15) is 5.92 Å². The van der Waals surface area contributed by atoms with Crippen LogP contribution in [0.15, 0.2) is 36.5 Å². The van der Waals surface area contributed by atoms with Crippen molar-refractivity contribution in [3.8, 4) is 0 Å². The van der Waals surface area contributed by atoms with E-state index in [1.54, 1.807) is 0 Å². The highest BCUT2D eigenvalue weighted by molar-refractivity contribution is 5.87. The zero-order chi connectivity index (χ0) is 17.4. The van der Waals surface area contributed by atoms with E-state index >= 15 is 0 Å². The van der Waals surface area contributed by atoms with Gasteiger partial charge in [-0.05, 0) is 17.7 Å². The van der Waals surface area contributed by atoms with Gasteiger partial charge in [-0.2, -0.15) is 13.2 Å². The van der Waals surface area contributed by atoms with E-state index in [1.807, 2.05) is 0 Å². The predicted molar refractivity (Wildman–Crippen MR) is 77.2 cm³/mol. The first-order valence-electron chi connectivity index (χ1n) is 6.76. The van der Waals surface area contributed by atoms with Gasteiger partial charge < -0.3 is 15.5 Å². The molecular weight excluding hydrogens is 311 g/mol. The minimum atomic E-state index is -4.51. The van der Waals surface area contributed by atoms with Gasteiger partial charge in [-0.1, -0.05) is 18.7 Å². The zero-order valence-electron chi connectivity index (χ0n) is 12.6. The van der Waals surface area contributed by atoms with Gasteiger partial charge in [0.25, 0.3) is 0 Å². The lowest BCUT2D eigenvalue weighted by atomic mass is 9.87. The number of nitrogens with zero attached hydrogens (tertiary/aromatic N) is 1. The van der Waals surface area contributed by atoms with Gasteiger partial charge in [0.2, 0.25) is 5.91 Å². The van der Waals surface area contributed by atoms with Crippen molar-refractivity contribution in [3.05, 3.63) is 47.7 Å². The van der Waals surface area contributed by atoms with Crippen molar-refractivity contribution in [2.24, 2.45) is 5.92 Å². The zero-order valence-corrected chi connectivity index (χ0v) is 12.6. The number of amides is 3. The predicted octanol–water partition coefficient (Wildman–Crippen LogP) is 2.28. The molecule has 1 fully saturated rings. The van der Waals surface area contributed by atoms with Crippen molar-refractivity contribution in [2.45, 2.75) is 12.2 Å². The molecule has 8 heteroatoms. The van der Waals surface area contributed by atoms with Crippen LogP contribution < -0.4 is 10.6 Å². The number of halogens is 3. The summed E-state index contributed by atoms with van der Waals surface area (Å²) in [5, 5.41) is 4.90. The summed E-state index contributed by atoms with van der Waals surface area (Å²) in [6.45, 7) is 3.65. The molecule has 3 amide bonds. The quantitative estimate of drug-likeness (QED) is 0.875. The van der Waals surface area contributed by atoms with Crippen molar-refractivity contribution in [1.29, 1.82) is 0 Å². The second-order valence-electron chi connectivity index (χ2n) is 5.43. The van der Waals surface area contributed by atoms with Crippen LogP contribution in [-0.4, -0.2) is 30.9 Å². The molecule has 0 spiro atoms. The lowest BCUT2D eigenvalue weighted by Gasteiger charge is -2.35. The van der Waals surface area contributed by atoms with E-state index in [9.17, 15) is 22.8 Å². The van der Waals surface area contributed by atoms with Gasteiger partial charge >= 0.3 is 12.2 Å². The normalized spacial score (nSPS) is 21.4. The van der Waals surface area contributed by atoms with Crippen LogP contribution in [0.1, 0.15) is 17.2 Å². The first-order valence-corrected chi connectivity index (χ1v) is 6.76. The third-order valence-electron chi connectivity index (χ3n) is 3.55. The molecule has 0 aromatic heterocycles. The van der Waals surface area contributed by atoms with E-state index in [1.165, 1.54) is 31.1 Å². The van der Waals surface area contributed by atoms with Crippen LogP contribution in [0.4, 0.5) is 18.0 Å². The molecule has 1 aromatic rings. The highest BCUT2D eigenvalue weighted by atomic mass is 19.4. The molecule has 0 bridgehead atoms. The summed E-state index contributed by atoms with van der Waals surface area (Å²) in [5.74, 6) is -1.27.